The molecule has 1 fully saturated rings. The molecule has 0 spiro atoms. The highest BCUT2D eigenvalue weighted by Crippen LogP contribution is 2.20. The van der Waals surface area contributed by atoms with E-state index in [1.807, 2.05) is 27.9 Å². The molecule has 122 valence electrons. The van der Waals surface area contributed by atoms with Crippen LogP contribution >= 0.6 is 0 Å². The van der Waals surface area contributed by atoms with Crippen LogP contribution in [0.4, 0.5) is 0 Å². The molecule has 1 aromatic heterocycles. The van der Waals surface area contributed by atoms with Gasteiger partial charge in [-0.2, -0.15) is 5.10 Å². The van der Waals surface area contributed by atoms with E-state index in [-0.39, 0.29) is 17.7 Å². The standard InChI is InChI=1S/C17H22N4O2/c1-12-3-2-4-14-11-19-21(16(12)14)10-7-15(22)20-8-5-13(6-9-20)17(18)23/h2-4,11,13H,5-10H2,1H3,(H2,18,23). The summed E-state index contributed by atoms with van der Waals surface area (Å²) < 4.78 is 1.90. The molecule has 2 amide bonds. The number of para-hydroxylation sites is 1. The molecule has 0 saturated carbocycles. The molecule has 0 unspecified atom stereocenters. The fourth-order valence-electron chi connectivity index (χ4n) is 3.27. The van der Waals surface area contributed by atoms with E-state index in [9.17, 15) is 9.59 Å². The molecule has 0 atom stereocenters. The number of amides is 2. The highest BCUT2D eigenvalue weighted by molar-refractivity contribution is 5.82. The lowest BCUT2D eigenvalue weighted by Gasteiger charge is -2.30. The van der Waals surface area contributed by atoms with Gasteiger partial charge >= 0.3 is 0 Å². The first-order valence-corrected chi connectivity index (χ1v) is 8.04. The van der Waals surface area contributed by atoms with Crippen LogP contribution in [-0.2, 0) is 16.1 Å². The number of hydrogen-bond acceptors (Lipinski definition) is 3. The molecule has 23 heavy (non-hydrogen) atoms. The second kappa shape index (κ2) is 6.40. The van der Waals surface area contributed by atoms with Gasteiger partial charge in [-0.3, -0.25) is 14.3 Å². The Morgan fingerprint density at radius 1 is 1.30 bits per heavy atom. The summed E-state index contributed by atoms with van der Waals surface area (Å²) in [6, 6.07) is 6.09. The van der Waals surface area contributed by atoms with Gasteiger partial charge in [-0.1, -0.05) is 18.2 Å². The largest absolute Gasteiger partial charge is 0.369 e. The molecule has 1 saturated heterocycles. The fourth-order valence-corrected chi connectivity index (χ4v) is 3.27. The normalized spacial score (nSPS) is 16.0. The van der Waals surface area contributed by atoms with Crippen LogP contribution in [-0.4, -0.2) is 39.6 Å². The fraction of sp³-hybridized carbons (Fsp3) is 0.471. The Hall–Kier alpha value is -2.37. The van der Waals surface area contributed by atoms with Gasteiger partial charge in [0.05, 0.1) is 18.3 Å². The van der Waals surface area contributed by atoms with E-state index in [1.165, 1.54) is 0 Å². The minimum atomic E-state index is -0.254. The molecule has 3 rings (SSSR count). The van der Waals surface area contributed by atoms with E-state index in [0.717, 1.165) is 16.5 Å². The van der Waals surface area contributed by atoms with E-state index in [1.54, 1.807) is 0 Å². The van der Waals surface area contributed by atoms with E-state index in [0.29, 0.717) is 38.9 Å². The topological polar surface area (TPSA) is 81.2 Å². The SMILES string of the molecule is Cc1cccc2cnn(CCC(=O)N3CCC(C(N)=O)CC3)c12. The molecule has 6 heteroatoms. The Morgan fingerprint density at radius 3 is 2.74 bits per heavy atom. The summed E-state index contributed by atoms with van der Waals surface area (Å²) in [5.74, 6) is -0.225. The van der Waals surface area contributed by atoms with Crippen molar-refractivity contribution in [2.75, 3.05) is 13.1 Å². The smallest absolute Gasteiger partial charge is 0.224 e. The zero-order valence-electron chi connectivity index (χ0n) is 13.4. The predicted molar refractivity (Wildman–Crippen MR) is 87.6 cm³/mol. The number of fused-ring (bicyclic) bond motifs is 1. The number of aromatic nitrogens is 2. The van der Waals surface area contributed by atoms with Crippen molar-refractivity contribution in [3.8, 4) is 0 Å². The number of nitrogens with two attached hydrogens (primary N) is 1. The maximum absolute atomic E-state index is 12.4. The summed E-state index contributed by atoms with van der Waals surface area (Å²) in [5.41, 5.74) is 7.58. The van der Waals surface area contributed by atoms with Gasteiger partial charge in [0, 0.05) is 30.8 Å². The van der Waals surface area contributed by atoms with Crippen LogP contribution in [0.2, 0.25) is 0 Å². The lowest BCUT2D eigenvalue weighted by atomic mass is 9.96. The first kappa shape index (κ1) is 15.5. The minimum absolute atomic E-state index is 0.0863. The molecule has 6 nitrogen and oxygen atoms in total. The van der Waals surface area contributed by atoms with E-state index < -0.39 is 0 Å². The molecule has 1 aliphatic rings. The number of primary amides is 1. The molecule has 2 heterocycles. The minimum Gasteiger partial charge on any atom is -0.369 e. The average Bonchev–Trinajstić information content (AvgIpc) is 2.97. The van der Waals surface area contributed by atoms with Crippen LogP contribution in [0, 0.1) is 12.8 Å². The van der Waals surface area contributed by atoms with Crippen molar-refractivity contribution in [2.45, 2.75) is 32.7 Å². The van der Waals surface area contributed by atoms with Crippen LogP contribution in [0.15, 0.2) is 24.4 Å². The van der Waals surface area contributed by atoms with Crippen molar-refractivity contribution in [3.05, 3.63) is 30.0 Å². The molecule has 2 N–H and O–H groups in total. The van der Waals surface area contributed by atoms with Gasteiger partial charge in [0.25, 0.3) is 0 Å². The number of benzene rings is 1. The maximum atomic E-state index is 12.4. The maximum Gasteiger partial charge on any atom is 0.224 e. The number of rotatable bonds is 4. The molecule has 1 aromatic carbocycles. The van der Waals surface area contributed by atoms with Gasteiger partial charge in [0.1, 0.15) is 0 Å². The third-order valence-corrected chi connectivity index (χ3v) is 4.65. The summed E-state index contributed by atoms with van der Waals surface area (Å²) in [6.07, 6.45) is 3.60. The van der Waals surface area contributed by atoms with Gasteiger partial charge in [-0.05, 0) is 25.3 Å². The Bertz CT molecular complexity index is 729. The van der Waals surface area contributed by atoms with Crippen molar-refractivity contribution in [1.29, 1.82) is 0 Å². The zero-order valence-corrected chi connectivity index (χ0v) is 13.4. The van der Waals surface area contributed by atoms with Crippen LogP contribution in [0.5, 0.6) is 0 Å². The highest BCUT2D eigenvalue weighted by atomic mass is 16.2. The Morgan fingerprint density at radius 2 is 2.04 bits per heavy atom. The number of likely N-dealkylation sites (tertiary alicyclic amines) is 1. The molecule has 0 aliphatic carbocycles. The Kier molecular flexibility index (Phi) is 4.32. The zero-order chi connectivity index (χ0) is 16.4. The van der Waals surface area contributed by atoms with Gasteiger partial charge in [-0.15, -0.1) is 0 Å². The summed E-state index contributed by atoms with van der Waals surface area (Å²) in [5, 5.41) is 5.49. The summed E-state index contributed by atoms with van der Waals surface area (Å²) in [7, 11) is 0. The number of carbonyl (C=O) groups is 2. The second-order valence-corrected chi connectivity index (χ2v) is 6.19. The quantitative estimate of drug-likeness (QED) is 0.927. The average molecular weight is 314 g/mol. The number of nitrogens with zero attached hydrogens (tertiary/aromatic N) is 3. The Labute approximate surface area is 135 Å². The van der Waals surface area contributed by atoms with Gasteiger partial charge in [-0.25, -0.2) is 0 Å². The molecular formula is C17H22N4O2. The first-order valence-electron chi connectivity index (χ1n) is 8.04. The summed E-state index contributed by atoms with van der Waals surface area (Å²) in [4.78, 5) is 25.4. The number of piperidine rings is 1. The van der Waals surface area contributed by atoms with Gasteiger partial charge in [0.15, 0.2) is 0 Å². The van der Waals surface area contributed by atoms with Crippen LogP contribution in [0.25, 0.3) is 10.9 Å². The van der Waals surface area contributed by atoms with E-state index in [4.69, 9.17) is 5.73 Å². The monoisotopic (exact) mass is 314 g/mol. The highest BCUT2D eigenvalue weighted by Gasteiger charge is 2.25. The van der Waals surface area contributed by atoms with Crippen molar-refractivity contribution in [1.82, 2.24) is 14.7 Å². The number of hydrogen-bond donors (Lipinski definition) is 1. The molecule has 1 aliphatic heterocycles. The lowest BCUT2D eigenvalue weighted by Crippen LogP contribution is -2.42. The number of aryl methyl sites for hydroxylation is 2. The summed E-state index contributed by atoms with van der Waals surface area (Å²) >= 11 is 0. The lowest BCUT2D eigenvalue weighted by molar-refractivity contribution is -0.135. The molecule has 2 aromatic rings. The molecular weight excluding hydrogens is 292 g/mol. The summed E-state index contributed by atoms with van der Waals surface area (Å²) in [6.45, 7) is 3.86. The third-order valence-electron chi connectivity index (χ3n) is 4.65. The van der Waals surface area contributed by atoms with Crippen LogP contribution in [0.1, 0.15) is 24.8 Å². The van der Waals surface area contributed by atoms with Crippen LogP contribution < -0.4 is 5.73 Å². The third kappa shape index (κ3) is 3.21. The van der Waals surface area contributed by atoms with E-state index in [2.05, 4.69) is 18.1 Å². The van der Waals surface area contributed by atoms with Gasteiger partial charge in [0.2, 0.25) is 11.8 Å². The molecule has 0 bridgehead atoms. The van der Waals surface area contributed by atoms with Crippen molar-refractivity contribution in [2.24, 2.45) is 11.7 Å². The van der Waals surface area contributed by atoms with E-state index >= 15 is 0 Å². The molecule has 0 radical (unpaired) electrons. The second-order valence-electron chi connectivity index (χ2n) is 6.19. The number of carbonyl (C=O) groups excluding carboxylic acids is 2. The van der Waals surface area contributed by atoms with Gasteiger partial charge < -0.3 is 10.6 Å². The van der Waals surface area contributed by atoms with Crippen molar-refractivity contribution < 1.29 is 9.59 Å². The van der Waals surface area contributed by atoms with Crippen molar-refractivity contribution in [3.63, 3.8) is 0 Å². The van der Waals surface area contributed by atoms with Crippen LogP contribution in [0.3, 0.4) is 0 Å². The first-order chi connectivity index (χ1) is 11.1. The predicted octanol–water partition coefficient (Wildman–Crippen LogP) is 1.46. The Balaban J connectivity index is 1.60. The van der Waals surface area contributed by atoms with Crippen molar-refractivity contribution >= 4 is 22.7 Å².